The van der Waals surface area contributed by atoms with Crippen molar-refractivity contribution in [2.75, 3.05) is 39.5 Å². The maximum atomic E-state index is 6.06. The third kappa shape index (κ3) is 31.7. The van der Waals surface area contributed by atoms with Gasteiger partial charge >= 0.3 is 0 Å². The molecule has 0 aliphatic carbocycles. The summed E-state index contributed by atoms with van der Waals surface area (Å²) in [6.07, 6.45) is 39.3. The van der Waals surface area contributed by atoms with Gasteiger partial charge in [0.25, 0.3) is 0 Å². The first kappa shape index (κ1) is 43.1. The molecule has 0 aliphatic rings. The lowest BCUT2D eigenvalue weighted by Crippen LogP contribution is -2.31. The number of nitrogens with zero attached hydrogens (tertiary/aromatic N) is 1. The van der Waals surface area contributed by atoms with Crippen LogP contribution in [0, 0.1) is 0 Å². The molecule has 0 saturated heterocycles. The van der Waals surface area contributed by atoms with Crippen molar-refractivity contribution in [3.8, 4) is 0 Å². The molecular weight excluding hydrogens is 562 g/mol. The molecule has 1 aromatic rings. The molecule has 0 unspecified atom stereocenters. The lowest BCUT2D eigenvalue weighted by atomic mass is 10.0. The van der Waals surface area contributed by atoms with Gasteiger partial charge in [-0.15, -0.1) is 0 Å². The maximum Gasteiger partial charge on any atom is 0.0593 e. The topological polar surface area (TPSA) is 21.7 Å². The van der Waals surface area contributed by atoms with Gasteiger partial charge in [-0.05, 0) is 18.4 Å². The van der Waals surface area contributed by atoms with E-state index in [1.54, 1.807) is 0 Å². The average molecular weight is 644 g/mol. The van der Waals surface area contributed by atoms with Gasteiger partial charge < -0.3 is 9.47 Å². The molecule has 0 aliphatic heterocycles. The first-order valence-corrected chi connectivity index (χ1v) is 20.8. The molecule has 0 atom stereocenters. The number of ether oxygens (including phenoxy) is 2. The molecule has 0 aromatic heterocycles. The SMILES string of the molecule is CCCCCCCCCCCCCCCCOCCN(CCOCCCCCCCCCCCCCCCC)Cc1ccccc1. The molecule has 0 spiro atoms. The van der Waals surface area contributed by atoms with Crippen molar-refractivity contribution in [3.05, 3.63) is 35.9 Å². The molecule has 46 heavy (non-hydrogen) atoms. The Morgan fingerprint density at radius 2 is 0.674 bits per heavy atom. The van der Waals surface area contributed by atoms with Crippen LogP contribution in [0.3, 0.4) is 0 Å². The van der Waals surface area contributed by atoms with Gasteiger partial charge in [0, 0.05) is 32.8 Å². The second kappa shape index (κ2) is 36.9. The number of hydrogen-bond donors (Lipinski definition) is 0. The van der Waals surface area contributed by atoms with Crippen molar-refractivity contribution in [3.63, 3.8) is 0 Å². The fourth-order valence-electron chi connectivity index (χ4n) is 6.50. The zero-order valence-electron chi connectivity index (χ0n) is 31.4. The van der Waals surface area contributed by atoms with E-state index in [1.807, 2.05) is 0 Å². The molecule has 1 rings (SSSR count). The smallest absolute Gasteiger partial charge is 0.0593 e. The van der Waals surface area contributed by atoms with Crippen molar-refractivity contribution >= 4 is 0 Å². The van der Waals surface area contributed by atoms with Gasteiger partial charge in [-0.2, -0.15) is 0 Å². The highest BCUT2D eigenvalue weighted by atomic mass is 16.5. The van der Waals surface area contributed by atoms with Crippen molar-refractivity contribution in [2.24, 2.45) is 0 Å². The molecule has 0 bridgehead atoms. The van der Waals surface area contributed by atoms with Gasteiger partial charge in [0.2, 0.25) is 0 Å². The molecule has 0 heterocycles. The highest BCUT2D eigenvalue weighted by Gasteiger charge is 2.07. The Bertz CT molecular complexity index is 643. The summed E-state index contributed by atoms with van der Waals surface area (Å²) in [4.78, 5) is 2.51. The van der Waals surface area contributed by atoms with E-state index >= 15 is 0 Å². The zero-order chi connectivity index (χ0) is 32.9. The summed E-state index contributed by atoms with van der Waals surface area (Å²) in [7, 11) is 0. The second-order valence-corrected chi connectivity index (χ2v) is 14.2. The molecule has 0 amide bonds. The Morgan fingerprint density at radius 1 is 0.370 bits per heavy atom. The Morgan fingerprint density at radius 3 is 1.00 bits per heavy atom. The number of hydrogen-bond acceptors (Lipinski definition) is 3. The highest BCUT2D eigenvalue weighted by molar-refractivity contribution is 5.14. The van der Waals surface area contributed by atoms with Crippen LogP contribution >= 0.6 is 0 Å². The minimum absolute atomic E-state index is 0.824. The van der Waals surface area contributed by atoms with Gasteiger partial charge in [0.15, 0.2) is 0 Å². The molecular formula is C43H81NO2. The molecule has 1 aromatic carbocycles. The van der Waals surface area contributed by atoms with Gasteiger partial charge in [-0.3, -0.25) is 4.90 Å². The van der Waals surface area contributed by atoms with Crippen LogP contribution in [0.25, 0.3) is 0 Å². The first-order chi connectivity index (χ1) is 22.9. The Hall–Kier alpha value is -0.900. The van der Waals surface area contributed by atoms with Crippen molar-refractivity contribution in [1.82, 2.24) is 4.90 Å². The average Bonchev–Trinajstić information content (AvgIpc) is 3.07. The minimum Gasteiger partial charge on any atom is -0.380 e. The van der Waals surface area contributed by atoms with E-state index in [-0.39, 0.29) is 0 Å². The molecule has 0 radical (unpaired) electrons. The van der Waals surface area contributed by atoms with Crippen LogP contribution in [0.2, 0.25) is 0 Å². The molecule has 3 heteroatoms. The third-order valence-electron chi connectivity index (χ3n) is 9.64. The largest absolute Gasteiger partial charge is 0.380 e. The number of unbranched alkanes of at least 4 members (excludes halogenated alkanes) is 26. The molecule has 3 nitrogen and oxygen atoms in total. The van der Waals surface area contributed by atoms with Crippen LogP contribution in [-0.4, -0.2) is 44.4 Å². The van der Waals surface area contributed by atoms with E-state index < -0.39 is 0 Å². The molecule has 0 saturated carbocycles. The molecule has 270 valence electrons. The second-order valence-electron chi connectivity index (χ2n) is 14.2. The third-order valence-corrected chi connectivity index (χ3v) is 9.64. The van der Waals surface area contributed by atoms with Crippen LogP contribution in [0.15, 0.2) is 30.3 Å². The summed E-state index contributed by atoms with van der Waals surface area (Å²) in [5, 5.41) is 0. The van der Waals surface area contributed by atoms with Crippen molar-refractivity contribution < 1.29 is 9.47 Å². The standard InChI is InChI=1S/C43H81NO2/c1-3-5-7-9-11-13-15-17-19-21-23-25-27-32-38-45-40-36-44(42-43-34-30-29-31-35-43)37-41-46-39-33-28-26-24-22-20-18-16-14-12-10-8-6-4-2/h29-31,34-35H,3-28,32-33,36-42H2,1-2H3. The van der Waals surface area contributed by atoms with Crippen LogP contribution in [0.5, 0.6) is 0 Å². The maximum absolute atomic E-state index is 6.06. The van der Waals surface area contributed by atoms with Crippen LogP contribution in [0.1, 0.15) is 199 Å². The van der Waals surface area contributed by atoms with Gasteiger partial charge in [-0.25, -0.2) is 0 Å². The summed E-state index contributed by atoms with van der Waals surface area (Å²) in [5.74, 6) is 0. The minimum atomic E-state index is 0.824. The number of rotatable bonds is 38. The summed E-state index contributed by atoms with van der Waals surface area (Å²) in [5.41, 5.74) is 1.38. The van der Waals surface area contributed by atoms with E-state index in [4.69, 9.17) is 9.47 Å². The van der Waals surface area contributed by atoms with E-state index in [9.17, 15) is 0 Å². The van der Waals surface area contributed by atoms with Crippen LogP contribution in [0.4, 0.5) is 0 Å². The lowest BCUT2D eigenvalue weighted by Gasteiger charge is -2.22. The van der Waals surface area contributed by atoms with Crippen molar-refractivity contribution in [2.45, 2.75) is 200 Å². The Balaban J connectivity index is 1.96. The van der Waals surface area contributed by atoms with E-state index in [2.05, 4.69) is 49.1 Å². The summed E-state index contributed by atoms with van der Waals surface area (Å²) < 4.78 is 12.1. The summed E-state index contributed by atoms with van der Waals surface area (Å²) in [6, 6.07) is 10.9. The quantitative estimate of drug-likeness (QED) is 0.0669. The predicted molar refractivity (Wildman–Crippen MR) is 204 cm³/mol. The molecule has 0 fully saturated rings. The molecule has 0 N–H and O–H groups in total. The highest BCUT2D eigenvalue weighted by Crippen LogP contribution is 2.14. The fraction of sp³-hybridized carbons (Fsp3) is 0.860. The van der Waals surface area contributed by atoms with Crippen LogP contribution in [-0.2, 0) is 16.0 Å². The van der Waals surface area contributed by atoms with E-state index in [1.165, 1.54) is 185 Å². The fourth-order valence-corrected chi connectivity index (χ4v) is 6.50. The predicted octanol–water partition coefficient (Wildman–Crippen LogP) is 13.5. The zero-order valence-corrected chi connectivity index (χ0v) is 31.4. The van der Waals surface area contributed by atoms with E-state index in [0.29, 0.717) is 0 Å². The first-order valence-electron chi connectivity index (χ1n) is 20.8. The normalized spacial score (nSPS) is 11.6. The summed E-state index contributed by atoms with van der Waals surface area (Å²) >= 11 is 0. The monoisotopic (exact) mass is 644 g/mol. The van der Waals surface area contributed by atoms with Gasteiger partial charge in [0.1, 0.15) is 0 Å². The lowest BCUT2D eigenvalue weighted by molar-refractivity contribution is 0.0692. The summed E-state index contributed by atoms with van der Waals surface area (Å²) in [6.45, 7) is 11.0. The Kier molecular flexibility index (Phi) is 34.6. The van der Waals surface area contributed by atoms with E-state index in [0.717, 1.165) is 46.1 Å². The van der Waals surface area contributed by atoms with Crippen molar-refractivity contribution in [1.29, 1.82) is 0 Å². The van der Waals surface area contributed by atoms with Crippen LogP contribution < -0.4 is 0 Å². The van der Waals surface area contributed by atoms with Gasteiger partial charge in [0.05, 0.1) is 13.2 Å². The Labute approximate surface area is 289 Å². The number of benzene rings is 1. The van der Waals surface area contributed by atoms with Gasteiger partial charge in [-0.1, -0.05) is 211 Å².